The van der Waals surface area contributed by atoms with E-state index in [1.54, 1.807) is 18.6 Å². The second-order valence-corrected chi connectivity index (χ2v) is 4.97. The smallest absolute Gasteiger partial charge is 0.311 e. The second kappa shape index (κ2) is 5.35. The number of rotatable bonds is 5. The molecule has 5 heteroatoms. The average Bonchev–Trinajstić information content (AvgIpc) is 2.82. The number of carboxylic acid groups (broad SMARTS) is 1. The van der Waals surface area contributed by atoms with E-state index < -0.39 is 11.4 Å². The first-order valence-corrected chi connectivity index (χ1v) is 6.20. The van der Waals surface area contributed by atoms with E-state index in [9.17, 15) is 9.90 Å². The van der Waals surface area contributed by atoms with Crippen molar-refractivity contribution in [3.05, 3.63) is 30.9 Å². The van der Waals surface area contributed by atoms with E-state index in [-0.39, 0.29) is 0 Å². The molecule has 1 aliphatic heterocycles. The molecule has 0 spiro atoms. The molecule has 2 rings (SSSR count). The van der Waals surface area contributed by atoms with Gasteiger partial charge in [0.15, 0.2) is 0 Å². The van der Waals surface area contributed by atoms with E-state index in [4.69, 9.17) is 0 Å². The highest BCUT2D eigenvalue weighted by atomic mass is 16.4. The van der Waals surface area contributed by atoms with E-state index in [1.807, 2.05) is 0 Å². The third kappa shape index (κ3) is 2.61. The van der Waals surface area contributed by atoms with Crippen molar-refractivity contribution in [1.82, 2.24) is 14.9 Å². The van der Waals surface area contributed by atoms with Gasteiger partial charge in [0.25, 0.3) is 0 Å². The number of carboxylic acids is 1. The number of likely N-dealkylation sites (tertiary alicyclic amines) is 1. The molecule has 5 nitrogen and oxygen atoms in total. The molecule has 1 aromatic heterocycles. The van der Waals surface area contributed by atoms with Crippen LogP contribution in [0.15, 0.2) is 25.2 Å². The third-order valence-electron chi connectivity index (χ3n) is 3.59. The molecule has 2 heterocycles. The number of piperidine rings is 1. The molecule has 0 amide bonds. The molecule has 0 aliphatic carbocycles. The number of aliphatic carboxylic acids is 1. The average molecular weight is 249 g/mol. The van der Waals surface area contributed by atoms with Crippen LogP contribution in [0, 0.1) is 5.41 Å². The van der Waals surface area contributed by atoms with Crippen molar-refractivity contribution in [3.8, 4) is 0 Å². The van der Waals surface area contributed by atoms with E-state index in [2.05, 4.69) is 21.4 Å². The van der Waals surface area contributed by atoms with Gasteiger partial charge in [-0.15, -0.1) is 6.58 Å². The Balaban J connectivity index is 2.06. The molecule has 0 bridgehead atoms. The lowest BCUT2D eigenvalue weighted by atomic mass is 9.77. The highest BCUT2D eigenvalue weighted by Gasteiger charge is 2.41. The highest BCUT2D eigenvalue weighted by molar-refractivity contribution is 5.75. The Kier molecular flexibility index (Phi) is 3.81. The van der Waals surface area contributed by atoms with Crippen molar-refractivity contribution in [3.63, 3.8) is 0 Å². The monoisotopic (exact) mass is 249 g/mol. The molecule has 2 N–H and O–H groups in total. The Hall–Kier alpha value is -1.62. The van der Waals surface area contributed by atoms with Crippen LogP contribution in [0.1, 0.15) is 25.0 Å². The Bertz CT molecular complexity index is 416. The van der Waals surface area contributed by atoms with Crippen LogP contribution in [0.2, 0.25) is 0 Å². The Morgan fingerprint density at radius 3 is 3.17 bits per heavy atom. The van der Waals surface area contributed by atoms with Gasteiger partial charge in [-0.25, -0.2) is 4.98 Å². The lowest BCUT2D eigenvalue weighted by molar-refractivity contribution is -0.152. The van der Waals surface area contributed by atoms with Gasteiger partial charge in [-0.05, 0) is 25.8 Å². The van der Waals surface area contributed by atoms with Crippen molar-refractivity contribution in [1.29, 1.82) is 0 Å². The number of aromatic nitrogens is 2. The summed E-state index contributed by atoms with van der Waals surface area (Å²) in [5.41, 5.74) is 0.356. The summed E-state index contributed by atoms with van der Waals surface area (Å²) in [4.78, 5) is 20.7. The molecule has 1 aliphatic rings. The fourth-order valence-electron chi connectivity index (χ4n) is 2.68. The Morgan fingerprint density at radius 1 is 1.72 bits per heavy atom. The van der Waals surface area contributed by atoms with Crippen LogP contribution < -0.4 is 0 Å². The number of aromatic amines is 1. The summed E-state index contributed by atoms with van der Waals surface area (Å²) in [5.74, 6) is -0.711. The van der Waals surface area contributed by atoms with Gasteiger partial charge in [-0.1, -0.05) is 6.08 Å². The number of hydrogen-bond donors (Lipinski definition) is 2. The van der Waals surface area contributed by atoms with E-state index >= 15 is 0 Å². The minimum absolute atomic E-state index is 0.530. The number of hydrogen-bond acceptors (Lipinski definition) is 3. The first-order chi connectivity index (χ1) is 8.66. The molecule has 1 saturated heterocycles. The SMILES string of the molecule is C=CCC1(C(=O)O)CCCN(Cc2cnc[nH]2)C1. The maximum Gasteiger partial charge on any atom is 0.311 e. The summed E-state index contributed by atoms with van der Waals surface area (Å²) in [6.07, 6.45) is 7.32. The van der Waals surface area contributed by atoms with Gasteiger partial charge in [-0.2, -0.15) is 0 Å². The maximum absolute atomic E-state index is 11.5. The van der Waals surface area contributed by atoms with Crippen LogP contribution in [0.3, 0.4) is 0 Å². The summed E-state index contributed by atoms with van der Waals surface area (Å²) in [5, 5.41) is 9.47. The van der Waals surface area contributed by atoms with Crippen LogP contribution >= 0.6 is 0 Å². The molecule has 98 valence electrons. The zero-order chi connectivity index (χ0) is 13.0. The zero-order valence-electron chi connectivity index (χ0n) is 10.4. The summed E-state index contributed by atoms with van der Waals surface area (Å²) in [7, 11) is 0. The molecular weight excluding hydrogens is 230 g/mol. The van der Waals surface area contributed by atoms with Crippen molar-refractivity contribution in [2.45, 2.75) is 25.8 Å². The molecule has 1 fully saturated rings. The fourth-order valence-corrected chi connectivity index (χ4v) is 2.68. The number of H-pyrrole nitrogens is 1. The van der Waals surface area contributed by atoms with E-state index in [1.165, 1.54) is 0 Å². The first-order valence-electron chi connectivity index (χ1n) is 6.20. The minimum atomic E-state index is -0.711. The standard InChI is InChI=1S/C13H19N3O2/c1-2-4-13(12(17)18)5-3-6-16(9-13)8-11-7-14-10-15-11/h2,7,10H,1,3-6,8-9H2,(H,14,15)(H,17,18). The predicted molar refractivity (Wildman–Crippen MR) is 68.0 cm³/mol. The number of allylic oxidation sites excluding steroid dienone is 1. The predicted octanol–water partition coefficient (Wildman–Crippen LogP) is 1.65. The van der Waals surface area contributed by atoms with Gasteiger partial charge in [0, 0.05) is 25.0 Å². The number of nitrogens with one attached hydrogen (secondary N) is 1. The molecule has 0 aromatic carbocycles. The van der Waals surface area contributed by atoms with E-state index in [0.29, 0.717) is 13.0 Å². The highest BCUT2D eigenvalue weighted by Crippen LogP contribution is 2.34. The molecular formula is C13H19N3O2. The number of imidazole rings is 1. The fraction of sp³-hybridized carbons (Fsp3) is 0.538. The largest absolute Gasteiger partial charge is 0.481 e. The molecule has 0 radical (unpaired) electrons. The van der Waals surface area contributed by atoms with Crippen LogP contribution in [0.25, 0.3) is 0 Å². The van der Waals surface area contributed by atoms with Crippen LogP contribution in [-0.4, -0.2) is 39.0 Å². The quantitative estimate of drug-likeness (QED) is 0.779. The zero-order valence-corrected chi connectivity index (χ0v) is 10.4. The topological polar surface area (TPSA) is 69.2 Å². The summed E-state index contributed by atoms with van der Waals surface area (Å²) in [6, 6.07) is 0. The summed E-state index contributed by atoms with van der Waals surface area (Å²) in [6.45, 7) is 5.93. The Labute approximate surface area is 107 Å². The van der Waals surface area contributed by atoms with Crippen LogP contribution in [-0.2, 0) is 11.3 Å². The van der Waals surface area contributed by atoms with Gasteiger partial charge < -0.3 is 10.1 Å². The van der Waals surface area contributed by atoms with Gasteiger partial charge in [-0.3, -0.25) is 9.69 Å². The molecule has 0 saturated carbocycles. The third-order valence-corrected chi connectivity index (χ3v) is 3.59. The Morgan fingerprint density at radius 2 is 2.56 bits per heavy atom. The minimum Gasteiger partial charge on any atom is -0.481 e. The number of nitrogens with zero attached hydrogens (tertiary/aromatic N) is 2. The molecule has 1 aromatic rings. The van der Waals surface area contributed by atoms with Crippen LogP contribution in [0.5, 0.6) is 0 Å². The van der Waals surface area contributed by atoms with Crippen molar-refractivity contribution in [2.24, 2.45) is 5.41 Å². The van der Waals surface area contributed by atoms with Gasteiger partial charge in [0.05, 0.1) is 11.7 Å². The van der Waals surface area contributed by atoms with Crippen molar-refractivity contribution in [2.75, 3.05) is 13.1 Å². The maximum atomic E-state index is 11.5. The van der Waals surface area contributed by atoms with Gasteiger partial charge in [0.1, 0.15) is 0 Å². The summed E-state index contributed by atoms with van der Waals surface area (Å²) < 4.78 is 0. The number of carbonyl (C=O) groups is 1. The van der Waals surface area contributed by atoms with Crippen molar-refractivity contribution >= 4 is 5.97 Å². The van der Waals surface area contributed by atoms with Gasteiger partial charge in [0.2, 0.25) is 0 Å². The second-order valence-electron chi connectivity index (χ2n) is 4.97. The lowest BCUT2D eigenvalue weighted by Gasteiger charge is -2.39. The summed E-state index contributed by atoms with van der Waals surface area (Å²) >= 11 is 0. The van der Waals surface area contributed by atoms with Gasteiger partial charge >= 0.3 is 5.97 Å². The molecule has 1 atom stereocenters. The first kappa shape index (κ1) is 12.8. The molecule has 1 unspecified atom stereocenters. The lowest BCUT2D eigenvalue weighted by Crippen LogP contribution is -2.47. The van der Waals surface area contributed by atoms with E-state index in [0.717, 1.165) is 31.6 Å². The molecule has 18 heavy (non-hydrogen) atoms. The van der Waals surface area contributed by atoms with Crippen LogP contribution in [0.4, 0.5) is 0 Å². The van der Waals surface area contributed by atoms with Crippen molar-refractivity contribution < 1.29 is 9.90 Å². The normalized spacial score (nSPS) is 24.9.